The minimum atomic E-state index is -0.414. The molecular formula is C35H30FN9O. The van der Waals surface area contributed by atoms with E-state index < -0.39 is 11.4 Å². The Hall–Kier alpha value is -5.47. The maximum atomic E-state index is 15.3. The molecule has 6 heterocycles. The number of halogens is 1. The Kier molecular flexibility index (Phi) is 6.80. The zero-order chi connectivity index (χ0) is 31.3. The molecule has 10 nitrogen and oxygen atoms in total. The molecule has 2 aliphatic heterocycles. The predicted molar refractivity (Wildman–Crippen MR) is 171 cm³/mol. The Morgan fingerprint density at radius 3 is 2.72 bits per heavy atom. The normalized spacial score (nSPS) is 16.8. The Morgan fingerprint density at radius 1 is 1.02 bits per heavy atom. The lowest BCUT2D eigenvalue weighted by molar-refractivity contribution is -0.0412. The summed E-state index contributed by atoms with van der Waals surface area (Å²) in [5.74, 6) is -0.566. The van der Waals surface area contributed by atoms with Gasteiger partial charge in [0.2, 0.25) is 0 Å². The van der Waals surface area contributed by atoms with E-state index in [0.29, 0.717) is 49.8 Å². The van der Waals surface area contributed by atoms with Gasteiger partial charge in [0.25, 0.3) is 5.91 Å². The maximum Gasteiger partial charge on any atom is 0.253 e. The fraction of sp³-hybridized carbons (Fsp3) is 0.257. The summed E-state index contributed by atoms with van der Waals surface area (Å²) in [7, 11) is 0. The van der Waals surface area contributed by atoms with Gasteiger partial charge in [0.15, 0.2) is 0 Å². The van der Waals surface area contributed by atoms with Crippen LogP contribution >= 0.6 is 0 Å². The van der Waals surface area contributed by atoms with Crippen LogP contribution in [0.2, 0.25) is 0 Å². The van der Waals surface area contributed by atoms with Gasteiger partial charge in [-0.25, -0.2) is 14.4 Å². The van der Waals surface area contributed by atoms with E-state index in [-0.39, 0.29) is 5.91 Å². The van der Waals surface area contributed by atoms with Crippen molar-refractivity contribution in [1.29, 1.82) is 5.26 Å². The minimum Gasteiger partial charge on any atom is -0.346 e. The number of amides is 1. The molecule has 1 N–H and O–H groups in total. The van der Waals surface area contributed by atoms with Crippen LogP contribution in [-0.4, -0.2) is 77.6 Å². The van der Waals surface area contributed by atoms with Crippen molar-refractivity contribution in [2.45, 2.75) is 30.8 Å². The summed E-state index contributed by atoms with van der Waals surface area (Å²) in [6.07, 6.45) is 12.6. The lowest BCUT2D eigenvalue weighted by Crippen LogP contribution is -2.66. The molecule has 2 fully saturated rings. The topological polar surface area (TPSA) is 120 Å². The quantitative estimate of drug-likeness (QED) is 0.268. The standard InChI is InChI=1S/C35H30FN9O/c36-31-16-25(3-4-29(31)24-1-2-26-17-38-11-5-23(26)15-24)34(46)43-13-7-28(8-14-43)44-20-35(21-44,9-10-37)45-19-27(18-42-45)32-30-6-12-39-33(30)41-22-40-32/h1-6,11-12,15-19,22,28H,7-9,13-14,20-21H2,(H,39,40,41). The van der Waals surface area contributed by atoms with E-state index in [4.69, 9.17) is 0 Å². The molecule has 6 aromatic rings. The average molecular weight is 612 g/mol. The highest BCUT2D eigenvalue weighted by atomic mass is 19.1. The first-order valence-electron chi connectivity index (χ1n) is 15.4. The van der Waals surface area contributed by atoms with Gasteiger partial charge in [0, 0.05) is 84.5 Å². The molecular weight excluding hydrogens is 581 g/mol. The van der Waals surface area contributed by atoms with Gasteiger partial charge in [-0.05, 0) is 54.1 Å². The molecule has 2 aliphatic rings. The van der Waals surface area contributed by atoms with Crippen molar-refractivity contribution >= 4 is 27.7 Å². The number of nitrogens with zero attached hydrogens (tertiary/aromatic N) is 8. The zero-order valence-electron chi connectivity index (χ0n) is 25.0. The molecule has 0 bridgehead atoms. The Balaban J connectivity index is 0.914. The Morgan fingerprint density at radius 2 is 1.89 bits per heavy atom. The smallest absolute Gasteiger partial charge is 0.253 e. The van der Waals surface area contributed by atoms with Gasteiger partial charge < -0.3 is 9.88 Å². The summed E-state index contributed by atoms with van der Waals surface area (Å²) < 4.78 is 17.2. The van der Waals surface area contributed by atoms with Crippen LogP contribution in [0.1, 0.15) is 29.6 Å². The van der Waals surface area contributed by atoms with E-state index in [1.807, 2.05) is 52.3 Å². The molecule has 0 radical (unpaired) electrons. The summed E-state index contributed by atoms with van der Waals surface area (Å²) in [4.78, 5) is 33.6. The lowest BCUT2D eigenvalue weighted by Gasteiger charge is -2.53. The highest BCUT2D eigenvalue weighted by molar-refractivity contribution is 5.95. The van der Waals surface area contributed by atoms with E-state index in [9.17, 15) is 10.1 Å². The SMILES string of the molecule is N#CCC1(n2cc(-c3ncnc4[nH]ccc34)cn2)CN(C2CCN(C(=O)c3ccc(-c4ccc5cnccc5c4)c(F)c3)CC2)C1. The van der Waals surface area contributed by atoms with E-state index in [0.717, 1.165) is 51.5 Å². The molecule has 11 heteroatoms. The second-order valence-corrected chi connectivity index (χ2v) is 12.3. The number of benzene rings is 2. The summed E-state index contributed by atoms with van der Waals surface area (Å²) >= 11 is 0. The fourth-order valence-electron chi connectivity index (χ4n) is 7.01. The second kappa shape index (κ2) is 11.2. The van der Waals surface area contributed by atoms with Crippen molar-refractivity contribution in [3.8, 4) is 28.5 Å². The maximum absolute atomic E-state index is 15.3. The predicted octanol–water partition coefficient (Wildman–Crippen LogP) is 5.41. The number of nitriles is 1. The lowest BCUT2D eigenvalue weighted by atomic mass is 9.83. The van der Waals surface area contributed by atoms with Crippen LogP contribution in [0.4, 0.5) is 4.39 Å². The van der Waals surface area contributed by atoms with Gasteiger partial charge >= 0.3 is 0 Å². The Labute approximate surface area is 264 Å². The number of hydrogen-bond donors (Lipinski definition) is 1. The third-order valence-corrected chi connectivity index (χ3v) is 9.53. The third kappa shape index (κ3) is 4.78. The molecule has 0 unspecified atom stereocenters. The molecule has 1 amide bonds. The average Bonchev–Trinajstić information content (AvgIpc) is 3.77. The number of likely N-dealkylation sites (tertiary alicyclic amines) is 2. The molecule has 0 atom stereocenters. The summed E-state index contributed by atoms with van der Waals surface area (Å²) in [5.41, 5.74) is 3.63. The first kappa shape index (κ1) is 28.0. The highest BCUT2D eigenvalue weighted by Gasteiger charge is 2.48. The van der Waals surface area contributed by atoms with Gasteiger partial charge in [-0.2, -0.15) is 10.4 Å². The number of piperidine rings is 1. The van der Waals surface area contributed by atoms with Crippen LogP contribution in [-0.2, 0) is 5.54 Å². The van der Waals surface area contributed by atoms with E-state index in [1.54, 1.807) is 30.7 Å². The van der Waals surface area contributed by atoms with Crippen LogP contribution in [0.5, 0.6) is 0 Å². The van der Waals surface area contributed by atoms with E-state index in [1.165, 1.54) is 12.4 Å². The van der Waals surface area contributed by atoms with Crippen molar-refractivity contribution in [2.75, 3.05) is 26.2 Å². The number of rotatable bonds is 6. The highest BCUT2D eigenvalue weighted by Crippen LogP contribution is 2.37. The largest absolute Gasteiger partial charge is 0.346 e. The molecule has 2 aromatic carbocycles. The number of carbonyl (C=O) groups excluding carboxylic acids is 1. The molecule has 228 valence electrons. The van der Waals surface area contributed by atoms with Crippen LogP contribution in [0, 0.1) is 17.1 Å². The minimum absolute atomic E-state index is 0.152. The van der Waals surface area contributed by atoms with Crippen molar-refractivity contribution < 1.29 is 9.18 Å². The van der Waals surface area contributed by atoms with Crippen LogP contribution in [0.3, 0.4) is 0 Å². The first-order valence-corrected chi connectivity index (χ1v) is 15.4. The monoisotopic (exact) mass is 611 g/mol. The third-order valence-electron chi connectivity index (χ3n) is 9.53. The number of nitrogens with one attached hydrogen (secondary N) is 1. The molecule has 0 aliphatic carbocycles. The van der Waals surface area contributed by atoms with E-state index >= 15 is 4.39 Å². The van der Waals surface area contributed by atoms with Gasteiger partial charge in [-0.1, -0.05) is 18.2 Å². The Bertz CT molecular complexity index is 2130. The fourth-order valence-corrected chi connectivity index (χ4v) is 7.01. The van der Waals surface area contributed by atoms with Gasteiger partial charge in [-0.3, -0.25) is 19.4 Å². The van der Waals surface area contributed by atoms with Crippen molar-refractivity contribution in [2.24, 2.45) is 0 Å². The van der Waals surface area contributed by atoms with Crippen molar-refractivity contribution in [1.82, 2.24) is 39.5 Å². The summed E-state index contributed by atoms with van der Waals surface area (Å²) in [6, 6.07) is 17.0. The van der Waals surface area contributed by atoms with Crippen LogP contribution < -0.4 is 0 Å². The van der Waals surface area contributed by atoms with Crippen molar-refractivity contribution in [3.05, 3.63) is 97.2 Å². The molecule has 8 rings (SSSR count). The molecule has 4 aromatic heterocycles. The molecule has 2 saturated heterocycles. The number of aromatic amines is 1. The number of H-pyrrole nitrogens is 1. The number of pyridine rings is 1. The van der Waals surface area contributed by atoms with E-state index in [2.05, 4.69) is 36.0 Å². The molecule has 0 spiro atoms. The summed E-state index contributed by atoms with van der Waals surface area (Å²) in [6.45, 7) is 2.61. The first-order chi connectivity index (χ1) is 22.5. The molecule has 0 saturated carbocycles. The molecule has 46 heavy (non-hydrogen) atoms. The van der Waals surface area contributed by atoms with Crippen LogP contribution in [0.15, 0.2) is 85.8 Å². The van der Waals surface area contributed by atoms with Gasteiger partial charge in [-0.15, -0.1) is 0 Å². The van der Waals surface area contributed by atoms with Crippen molar-refractivity contribution in [3.63, 3.8) is 0 Å². The number of fused-ring (bicyclic) bond motifs is 2. The zero-order valence-corrected chi connectivity index (χ0v) is 25.0. The second-order valence-electron chi connectivity index (χ2n) is 12.3. The van der Waals surface area contributed by atoms with Gasteiger partial charge in [0.1, 0.15) is 23.3 Å². The van der Waals surface area contributed by atoms with Crippen LogP contribution in [0.25, 0.3) is 44.2 Å². The number of aromatic nitrogens is 6. The summed E-state index contributed by atoms with van der Waals surface area (Å²) in [5, 5.41) is 17.3. The number of hydrogen-bond acceptors (Lipinski definition) is 7. The van der Waals surface area contributed by atoms with Gasteiger partial charge in [0.05, 0.1) is 24.4 Å². The number of carbonyl (C=O) groups is 1.